The average molecular weight is 338 g/mol. The van der Waals surface area contributed by atoms with Crippen molar-refractivity contribution >= 4 is 22.9 Å². The van der Waals surface area contributed by atoms with Gasteiger partial charge in [-0.25, -0.2) is 4.79 Å². The molecule has 0 saturated heterocycles. The molecule has 7 nitrogen and oxygen atoms in total. The third-order valence-electron chi connectivity index (χ3n) is 3.89. The van der Waals surface area contributed by atoms with Crippen LogP contribution in [0.15, 0.2) is 51.7 Å². The molecule has 0 unspecified atom stereocenters. The number of carbonyl (C=O) groups excluding carboxylic acids is 1. The molecule has 25 heavy (non-hydrogen) atoms. The van der Waals surface area contributed by atoms with Gasteiger partial charge >= 0.3 is 6.16 Å². The van der Waals surface area contributed by atoms with Crippen LogP contribution in [0.3, 0.4) is 0 Å². The van der Waals surface area contributed by atoms with Gasteiger partial charge in [0.25, 0.3) is 5.95 Å². The molecule has 0 aliphatic carbocycles. The molecule has 1 aliphatic heterocycles. The predicted molar refractivity (Wildman–Crippen MR) is 85.3 cm³/mol. The molecule has 0 spiro atoms. The smallest absolute Gasteiger partial charge is 0.487 e. The molecule has 4 rings (SSSR count). The van der Waals surface area contributed by atoms with Crippen molar-refractivity contribution in [1.82, 2.24) is 0 Å². The number of benzene rings is 2. The van der Waals surface area contributed by atoms with Gasteiger partial charge in [0.15, 0.2) is 11.2 Å². The zero-order chi connectivity index (χ0) is 17.6. The summed E-state index contributed by atoms with van der Waals surface area (Å²) in [4.78, 5) is 35.8. The lowest BCUT2D eigenvalue weighted by Crippen LogP contribution is -2.09. The first-order valence-corrected chi connectivity index (χ1v) is 7.31. The van der Waals surface area contributed by atoms with Gasteiger partial charge < -0.3 is 19.0 Å². The molecular weight excluding hydrogens is 328 g/mol. The highest BCUT2D eigenvalue weighted by molar-refractivity contribution is 6.14. The minimum absolute atomic E-state index is 0.0661. The lowest BCUT2D eigenvalue weighted by Gasteiger charge is -2.09. The Bertz CT molecular complexity index is 1090. The van der Waals surface area contributed by atoms with Gasteiger partial charge in [-0.05, 0) is 12.1 Å². The summed E-state index contributed by atoms with van der Waals surface area (Å²) in [6.45, 7) is 0.126. The van der Waals surface area contributed by atoms with Gasteiger partial charge in [0.1, 0.15) is 23.3 Å². The predicted octanol–water partition coefficient (Wildman–Crippen LogP) is 2.97. The van der Waals surface area contributed by atoms with Crippen LogP contribution in [0, 0.1) is 0 Å². The van der Waals surface area contributed by atoms with Crippen molar-refractivity contribution in [1.29, 1.82) is 0 Å². The summed E-state index contributed by atoms with van der Waals surface area (Å²) in [5, 5.41) is 8.71. The molecule has 0 bridgehead atoms. The molecule has 7 heteroatoms. The zero-order valence-corrected chi connectivity index (χ0v) is 12.6. The Morgan fingerprint density at radius 3 is 2.68 bits per heavy atom. The minimum Gasteiger partial charge on any atom is -0.487 e. The largest absolute Gasteiger partial charge is 0.513 e. The summed E-state index contributed by atoms with van der Waals surface area (Å²) < 4.78 is 15.4. The third kappa shape index (κ3) is 2.42. The summed E-state index contributed by atoms with van der Waals surface area (Å²) in [5.41, 5.74) is 0.980. The van der Waals surface area contributed by atoms with Gasteiger partial charge in [-0.15, -0.1) is 0 Å². The van der Waals surface area contributed by atoms with E-state index in [1.54, 1.807) is 24.3 Å². The highest BCUT2D eigenvalue weighted by atomic mass is 16.7. The van der Waals surface area contributed by atoms with E-state index in [0.717, 1.165) is 6.07 Å². The fraction of sp³-hybridized carbons (Fsp3) is 0.0556. The van der Waals surface area contributed by atoms with E-state index >= 15 is 0 Å². The molecule has 2 heterocycles. The second-order valence-electron chi connectivity index (χ2n) is 5.39. The summed E-state index contributed by atoms with van der Waals surface area (Å²) >= 11 is 0. The summed E-state index contributed by atoms with van der Waals surface area (Å²) in [6, 6.07) is 10.8. The highest BCUT2D eigenvalue weighted by Gasteiger charge is 2.25. The average Bonchev–Trinajstić information content (AvgIpc) is 2.71. The van der Waals surface area contributed by atoms with Crippen molar-refractivity contribution in [3.8, 4) is 11.7 Å². The van der Waals surface area contributed by atoms with Crippen LogP contribution < -0.4 is 14.9 Å². The van der Waals surface area contributed by atoms with Crippen molar-refractivity contribution in [2.45, 2.75) is 6.61 Å². The van der Waals surface area contributed by atoms with Gasteiger partial charge in [-0.3, -0.25) is 9.59 Å². The number of fused-ring (bicyclic) bond motifs is 4. The molecule has 2 aromatic carbocycles. The maximum absolute atomic E-state index is 12.8. The van der Waals surface area contributed by atoms with E-state index in [0.29, 0.717) is 11.1 Å². The van der Waals surface area contributed by atoms with Gasteiger partial charge in [0.2, 0.25) is 0 Å². The first-order valence-electron chi connectivity index (χ1n) is 7.31. The molecular formula is C18H10O7. The molecule has 0 atom stereocenters. The lowest BCUT2D eigenvalue weighted by molar-refractivity contribution is 0.103. The fourth-order valence-corrected chi connectivity index (χ4v) is 2.83. The summed E-state index contributed by atoms with van der Waals surface area (Å²) in [7, 11) is 0. The Hall–Kier alpha value is -3.61. The number of carboxylic acid groups (broad SMARTS) is 1. The fourth-order valence-electron chi connectivity index (χ4n) is 2.83. The van der Waals surface area contributed by atoms with E-state index in [1.165, 1.54) is 12.1 Å². The van der Waals surface area contributed by atoms with E-state index in [4.69, 9.17) is 14.3 Å². The Balaban J connectivity index is 1.94. The number of hydrogen-bond donors (Lipinski definition) is 1. The van der Waals surface area contributed by atoms with Gasteiger partial charge in [-0.2, -0.15) is 0 Å². The molecule has 1 aliphatic rings. The summed E-state index contributed by atoms with van der Waals surface area (Å²) in [6.07, 6.45) is -1.60. The van der Waals surface area contributed by atoms with Crippen LogP contribution in [-0.4, -0.2) is 17.0 Å². The van der Waals surface area contributed by atoms with Crippen molar-refractivity contribution in [3.63, 3.8) is 0 Å². The Morgan fingerprint density at radius 2 is 1.88 bits per heavy atom. The van der Waals surface area contributed by atoms with Crippen molar-refractivity contribution in [2.24, 2.45) is 0 Å². The number of carbonyl (C=O) groups is 2. The monoisotopic (exact) mass is 338 g/mol. The van der Waals surface area contributed by atoms with Crippen LogP contribution in [-0.2, 0) is 6.61 Å². The molecule has 0 saturated carbocycles. The van der Waals surface area contributed by atoms with Gasteiger partial charge in [-0.1, -0.05) is 24.3 Å². The van der Waals surface area contributed by atoms with E-state index < -0.39 is 17.5 Å². The van der Waals surface area contributed by atoms with Crippen LogP contribution in [0.2, 0.25) is 0 Å². The van der Waals surface area contributed by atoms with Crippen molar-refractivity contribution in [2.75, 3.05) is 0 Å². The number of rotatable bonds is 1. The Labute approximate surface area is 140 Å². The Kier molecular flexibility index (Phi) is 3.28. The molecule has 0 radical (unpaired) electrons. The summed E-state index contributed by atoms with van der Waals surface area (Å²) in [5.74, 6) is -0.585. The van der Waals surface area contributed by atoms with Crippen LogP contribution in [0.5, 0.6) is 11.7 Å². The molecule has 0 amide bonds. The first kappa shape index (κ1) is 14.9. The van der Waals surface area contributed by atoms with Crippen molar-refractivity contribution in [3.05, 3.63) is 69.4 Å². The quantitative estimate of drug-likeness (QED) is 0.680. The molecule has 124 valence electrons. The second-order valence-corrected chi connectivity index (χ2v) is 5.39. The number of hydrogen-bond acceptors (Lipinski definition) is 6. The maximum atomic E-state index is 12.8. The van der Waals surface area contributed by atoms with E-state index in [1.807, 2.05) is 0 Å². The van der Waals surface area contributed by atoms with Crippen LogP contribution in [0.4, 0.5) is 4.79 Å². The minimum atomic E-state index is -1.60. The van der Waals surface area contributed by atoms with Crippen LogP contribution in [0.25, 0.3) is 11.0 Å². The van der Waals surface area contributed by atoms with Gasteiger partial charge in [0, 0.05) is 11.1 Å². The SMILES string of the molecule is O=C(O)Oc1cc(=O)c2c3c(ccc2o1)C(=O)c1ccccc1CO3. The highest BCUT2D eigenvalue weighted by Crippen LogP contribution is 2.34. The topological polar surface area (TPSA) is 103 Å². The van der Waals surface area contributed by atoms with Crippen LogP contribution in [0.1, 0.15) is 21.5 Å². The van der Waals surface area contributed by atoms with E-state index in [9.17, 15) is 14.4 Å². The van der Waals surface area contributed by atoms with Gasteiger partial charge in [0.05, 0.1) is 11.6 Å². The normalized spacial score (nSPS) is 12.7. The van der Waals surface area contributed by atoms with E-state index in [-0.39, 0.29) is 34.7 Å². The Morgan fingerprint density at radius 1 is 1.08 bits per heavy atom. The van der Waals surface area contributed by atoms with E-state index in [2.05, 4.69) is 4.74 Å². The zero-order valence-electron chi connectivity index (χ0n) is 12.6. The van der Waals surface area contributed by atoms with Crippen LogP contribution >= 0.6 is 0 Å². The molecule has 0 fully saturated rings. The second kappa shape index (κ2) is 5.48. The third-order valence-corrected chi connectivity index (χ3v) is 3.89. The number of ether oxygens (including phenoxy) is 2. The maximum Gasteiger partial charge on any atom is 0.513 e. The molecule has 3 aromatic rings. The standard InChI is InChI=1S/C18H10O7/c19-12-7-14(25-18(21)22)24-13-6-5-11-16(20)10-4-2-1-3-9(10)8-23-17(11)15(12)13/h1-7H,8H2,(H,21,22). The first-order chi connectivity index (χ1) is 12.0. The molecule has 1 N–H and O–H groups in total. The molecule has 1 aromatic heterocycles. The van der Waals surface area contributed by atoms with Crippen molar-refractivity contribution < 1.29 is 28.6 Å². The number of ketones is 1. The lowest BCUT2D eigenvalue weighted by atomic mass is 9.98.